The molecule has 3 aromatic carbocycles. The quantitative estimate of drug-likeness (QED) is 0.389. The topological polar surface area (TPSA) is 46.9 Å². The third-order valence-electron chi connectivity index (χ3n) is 4.75. The second-order valence-electron chi connectivity index (χ2n) is 7.28. The fourth-order valence-electron chi connectivity index (χ4n) is 3.41. The van der Waals surface area contributed by atoms with Crippen LogP contribution in [0.2, 0.25) is 5.02 Å². The lowest BCUT2D eigenvalue weighted by molar-refractivity contribution is -0.145. The number of anilines is 1. The van der Waals surface area contributed by atoms with E-state index in [1.54, 1.807) is 55.5 Å². The standard InChI is InChI=1S/C23H17ClF3N3O/c1-13-3-8-20-19(11-13)29-22(23(25,26)27)30(20)18-6-4-17(5-7-18)28-21(31)15-9-14(2)10-16(24)12-15/h3-12H,1-2H3,(H,28,31). The van der Waals surface area contributed by atoms with Crippen molar-refractivity contribution in [2.45, 2.75) is 20.0 Å². The van der Waals surface area contributed by atoms with E-state index in [9.17, 15) is 18.0 Å². The molecule has 4 rings (SSSR count). The number of imidazole rings is 1. The van der Waals surface area contributed by atoms with Gasteiger partial charge >= 0.3 is 6.18 Å². The van der Waals surface area contributed by atoms with Gasteiger partial charge in [-0.25, -0.2) is 4.98 Å². The monoisotopic (exact) mass is 443 g/mol. The van der Waals surface area contributed by atoms with Gasteiger partial charge in [0.15, 0.2) is 0 Å². The predicted octanol–water partition coefficient (Wildman–Crippen LogP) is 6.57. The number of nitrogens with one attached hydrogen (secondary N) is 1. The second kappa shape index (κ2) is 7.74. The second-order valence-corrected chi connectivity index (χ2v) is 7.72. The van der Waals surface area contributed by atoms with Crippen molar-refractivity contribution in [2.24, 2.45) is 0 Å². The van der Waals surface area contributed by atoms with Crippen molar-refractivity contribution in [2.75, 3.05) is 5.32 Å². The van der Waals surface area contributed by atoms with Gasteiger partial charge in [0.1, 0.15) is 0 Å². The number of halogens is 4. The Morgan fingerprint density at radius 2 is 1.68 bits per heavy atom. The van der Waals surface area contributed by atoms with E-state index in [1.165, 1.54) is 12.1 Å². The largest absolute Gasteiger partial charge is 0.450 e. The summed E-state index contributed by atoms with van der Waals surface area (Å²) in [5.74, 6) is -1.36. The minimum Gasteiger partial charge on any atom is -0.322 e. The van der Waals surface area contributed by atoms with Crippen molar-refractivity contribution < 1.29 is 18.0 Å². The van der Waals surface area contributed by atoms with E-state index in [4.69, 9.17) is 11.6 Å². The maximum Gasteiger partial charge on any atom is 0.450 e. The number of aryl methyl sites for hydroxylation is 2. The molecule has 1 heterocycles. The molecule has 0 atom stereocenters. The summed E-state index contributed by atoms with van der Waals surface area (Å²) in [6.45, 7) is 3.62. The molecule has 158 valence electrons. The third kappa shape index (κ3) is 4.27. The Labute approximate surface area is 181 Å². The number of carbonyl (C=O) groups excluding carboxylic acids is 1. The van der Waals surface area contributed by atoms with Crippen molar-refractivity contribution in [1.82, 2.24) is 9.55 Å². The summed E-state index contributed by atoms with van der Waals surface area (Å²) in [7, 11) is 0. The van der Waals surface area contributed by atoms with Crippen LogP contribution in [0.4, 0.5) is 18.9 Å². The first-order chi connectivity index (χ1) is 14.6. The third-order valence-corrected chi connectivity index (χ3v) is 4.97. The molecule has 4 nitrogen and oxygen atoms in total. The van der Waals surface area contributed by atoms with E-state index in [2.05, 4.69) is 10.3 Å². The van der Waals surface area contributed by atoms with Gasteiger partial charge in [-0.2, -0.15) is 13.2 Å². The molecular weight excluding hydrogens is 427 g/mol. The maximum absolute atomic E-state index is 13.6. The Bertz CT molecular complexity index is 1270. The minimum atomic E-state index is -4.62. The summed E-state index contributed by atoms with van der Waals surface area (Å²) in [5.41, 5.74) is 3.40. The zero-order chi connectivity index (χ0) is 22.3. The predicted molar refractivity (Wildman–Crippen MR) is 115 cm³/mol. The number of aromatic nitrogens is 2. The maximum atomic E-state index is 13.6. The molecule has 0 radical (unpaired) electrons. The first-order valence-electron chi connectivity index (χ1n) is 9.37. The molecule has 0 aliphatic heterocycles. The van der Waals surface area contributed by atoms with Gasteiger partial charge in [0.05, 0.1) is 11.0 Å². The van der Waals surface area contributed by atoms with Crippen molar-refractivity contribution in [3.05, 3.63) is 88.2 Å². The van der Waals surface area contributed by atoms with Gasteiger partial charge in [0.2, 0.25) is 5.82 Å². The van der Waals surface area contributed by atoms with Crippen LogP contribution in [-0.4, -0.2) is 15.5 Å². The van der Waals surface area contributed by atoms with E-state index >= 15 is 0 Å². The summed E-state index contributed by atoms with van der Waals surface area (Å²) in [5, 5.41) is 3.18. The summed E-state index contributed by atoms with van der Waals surface area (Å²) in [6.07, 6.45) is -4.62. The highest BCUT2D eigenvalue weighted by Gasteiger charge is 2.38. The number of rotatable bonds is 3. The van der Waals surface area contributed by atoms with Crippen LogP contribution in [0.25, 0.3) is 16.7 Å². The SMILES string of the molecule is Cc1cc(Cl)cc(C(=O)Nc2ccc(-n3c(C(F)(F)F)nc4cc(C)ccc43)cc2)c1. The Balaban J connectivity index is 1.68. The highest BCUT2D eigenvalue weighted by Crippen LogP contribution is 2.34. The molecular formula is C23H17ClF3N3O. The highest BCUT2D eigenvalue weighted by atomic mass is 35.5. The Morgan fingerprint density at radius 1 is 0.968 bits per heavy atom. The molecule has 0 bridgehead atoms. The molecule has 8 heteroatoms. The van der Waals surface area contributed by atoms with E-state index < -0.39 is 12.0 Å². The van der Waals surface area contributed by atoms with Crippen molar-refractivity contribution in [3.63, 3.8) is 0 Å². The molecule has 1 amide bonds. The summed E-state index contributed by atoms with van der Waals surface area (Å²) >= 11 is 6.00. The number of hydrogen-bond acceptors (Lipinski definition) is 2. The zero-order valence-electron chi connectivity index (χ0n) is 16.6. The number of carbonyl (C=O) groups is 1. The number of amides is 1. The molecule has 1 aromatic heterocycles. The van der Waals surface area contributed by atoms with Gasteiger partial charge < -0.3 is 5.32 Å². The number of fused-ring (bicyclic) bond motifs is 1. The Kier molecular flexibility index (Phi) is 5.23. The van der Waals surface area contributed by atoms with Crippen molar-refractivity contribution >= 4 is 34.2 Å². The number of alkyl halides is 3. The van der Waals surface area contributed by atoms with Gasteiger partial charge in [0, 0.05) is 22.0 Å². The lowest BCUT2D eigenvalue weighted by atomic mass is 10.1. The molecule has 0 spiro atoms. The van der Waals surface area contributed by atoms with Crippen molar-refractivity contribution in [3.8, 4) is 5.69 Å². The Morgan fingerprint density at radius 3 is 2.32 bits per heavy atom. The summed E-state index contributed by atoms with van der Waals surface area (Å²) < 4.78 is 41.9. The summed E-state index contributed by atoms with van der Waals surface area (Å²) in [6, 6.07) is 16.1. The van der Waals surface area contributed by atoms with Crippen LogP contribution < -0.4 is 5.32 Å². The number of nitrogens with zero attached hydrogens (tertiary/aromatic N) is 2. The average Bonchev–Trinajstić information content (AvgIpc) is 3.07. The zero-order valence-corrected chi connectivity index (χ0v) is 17.3. The van der Waals surface area contributed by atoms with Gasteiger partial charge in [0.25, 0.3) is 5.91 Å². The average molecular weight is 444 g/mol. The normalized spacial score (nSPS) is 11.7. The van der Waals surface area contributed by atoms with E-state index in [0.717, 1.165) is 15.7 Å². The van der Waals surface area contributed by atoms with Crippen molar-refractivity contribution in [1.29, 1.82) is 0 Å². The molecule has 4 aromatic rings. The van der Waals surface area contributed by atoms with Crippen LogP contribution in [-0.2, 0) is 6.18 Å². The molecule has 0 saturated heterocycles. The number of hydrogen-bond donors (Lipinski definition) is 1. The molecule has 1 N–H and O–H groups in total. The smallest absolute Gasteiger partial charge is 0.322 e. The molecule has 0 fully saturated rings. The van der Waals surface area contributed by atoms with Gasteiger partial charge in [-0.1, -0.05) is 17.7 Å². The lowest BCUT2D eigenvalue weighted by Gasteiger charge is -2.13. The minimum absolute atomic E-state index is 0.265. The molecule has 0 aliphatic carbocycles. The summed E-state index contributed by atoms with van der Waals surface area (Å²) in [4.78, 5) is 16.3. The first kappa shape index (κ1) is 20.9. The van der Waals surface area contributed by atoms with E-state index in [-0.39, 0.29) is 17.1 Å². The molecule has 31 heavy (non-hydrogen) atoms. The van der Waals surface area contributed by atoms with Gasteiger partial charge in [-0.3, -0.25) is 9.36 Å². The van der Waals surface area contributed by atoms with Crippen LogP contribution in [0, 0.1) is 13.8 Å². The lowest BCUT2D eigenvalue weighted by Crippen LogP contribution is -2.14. The Hall–Kier alpha value is -3.32. The van der Waals surface area contributed by atoms with Crippen LogP contribution in [0.15, 0.2) is 60.7 Å². The fraction of sp³-hybridized carbons (Fsp3) is 0.130. The van der Waals surface area contributed by atoms with Crippen LogP contribution in [0.1, 0.15) is 27.3 Å². The van der Waals surface area contributed by atoms with E-state index in [1.807, 2.05) is 6.92 Å². The fourth-order valence-corrected chi connectivity index (χ4v) is 3.70. The highest BCUT2D eigenvalue weighted by molar-refractivity contribution is 6.31. The van der Waals surface area contributed by atoms with Crippen LogP contribution >= 0.6 is 11.6 Å². The van der Waals surface area contributed by atoms with E-state index in [0.29, 0.717) is 21.8 Å². The van der Waals surface area contributed by atoms with Gasteiger partial charge in [-0.05, 0) is 79.6 Å². The molecule has 0 aliphatic rings. The van der Waals surface area contributed by atoms with Crippen LogP contribution in [0.3, 0.4) is 0 Å². The first-order valence-corrected chi connectivity index (χ1v) is 9.75. The number of benzene rings is 3. The molecule has 0 unspecified atom stereocenters. The van der Waals surface area contributed by atoms with Gasteiger partial charge in [-0.15, -0.1) is 0 Å². The van der Waals surface area contributed by atoms with Crippen LogP contribution in [0.5, 0.6) is 0 Å². The molecule has 0 saturated carbocycles.